The lowest BCUT2D eigenvalue weighted by atomic mass is 9.94. The second-order valence-electron chi connectivity index (χ2n) is 8.92. The van der Waals surface area contributed by atoms with Gasteiger partial charge in [0, 0.05) is 22.7 Å². The van der Waals surface area contributed by atoms with Crippen LogP contribution in [0.4, 0.5) is 29.2 Å². The van der Waals surface area contributed by atoms with Crippen molar-refractivity contribution in [3.63, 3.8) is 0 Å². The molecule has 0 aliphatic rings. The van der Waals surface area contributed by atoms with Gasteiger partial charge in [0.2, 0.25) is 5.88 Å². The van der Waals surface area contributed by atoms with E-state index in [1.54, 1.807) is 29.7 Å². The van der Waals surface area contributed by atoms with Crippen molar-refractivity contribution in [1.82, 2.24) is 29.5 Å². The number of aromatic nitrogens is 6. The summed E-state index contributed by atoms with van der Waals surface area (Å²) in [6, 6.07) is 4.14. The van der Waals surface area contributed by atoms with Crippen molar-refractivity contribution in [2.24, 2.45) is 0 Å². The van der Waals surface area contributed by atoms with E-state index in [1.807, 2.05) is 0 Å². The number of nitrogen functional groups attached to an aromatic ring is 1. The Morgan fingerprint density at radius 2 is 1.93 bits per heavy atom. The molecule has 16 heteroatoms. The number of ether oxygens (including phenoxy) is 2. The first kappa shape index (κ1) is 28.9. The van der Waals surface area contributed by atoms with Gasteiger partial charge in [0.1, 0.15) is 28.2 Å². The number of nitrogens with zero attached hydrogens (tertiary/aromatic N) is 6. The molecule has 0 saturated heterocycles. The second-order valence-corrected chi connectivity index (χ2v) is 11.0. The quantitative estimate of drug-likeness (QED) is 0.112. The molecular formula is C25H22F4IN8O2P. The summed E-state index contributed by atoms with van der Waals surface area (Å²) in [5, 5.41) is 7.43. The minimum atomic E-state index is -4.83. The maximum absolute atomic E-state index is 16.5. The number of hydrogen-bond acceptors (Lipinski definition) is 9. The van der Waals surface area contributed by atoms with Crippen molar-refractivity contribution in [3.05, 3.63) is 53.1 Å². The second kappa shape index (κ2) is 11.0. The first-order valence-corrected chi connectivity index (χ1v) is 16.0. The molecule has 0 aliphatic carbocycles. The number of aryl methyl sites for hydroxylation is 1. The van der Waals surface area contributed by atoms with E-state index in [4.69, 9.17) is 15.2 Å². The summed E-state index contributed by atoms with van der Waals surface area (Å²) in [6.07, 6.45) is -1.91. The molecule has 0 aliphatic heterocycles. The van der Waals surface area contributed by atoms with Gasteiger partial charge in [0.25, 0.3) is 0 Å². The molecule has 2 atom stereocenters. The Balaban J connectivity index is 1.83. The van der Waals surface area contributed by atoms with Crippen LogP contribution in [0.25, 0.3) is 33.1 Å². The fourth-order valence-electron chi connectivity index (χ4n) is 4.69. The third-order valence-corrected chi connectivity index (χ3v) is 8.36. The highest BCUT2D eigenvalue weighted by Gasteiger charge is 2.39. The predicted molar refractivity (Wildman–Crippen MR) is 157 cm³/mol. The zero-order valence-electron chi connectivity index (χ0n) is 21.9. The number of nitrogens with two attached hydrogens (primary N) is 1. The van der Waals surface area contributed by atoms with Gasteiger partial charge in [0.05, 0.1) is 43.9 Å². The summed E-state index contributed by atoms with van der Waals surface area (Å²) in [5.41, 5.74) is 4.51. The molecule has 0 saturated carbocycles. The van der Waals surface area contributed by atoms with E-state index in [0.29, 0.717) is 11.1 Å². The van der Waals surface area contributed by atoms with Crippen LogP contribution in [0.15, 0.2) is 30.6 Å². The number of fused-ring (bicyclic) bond motifs is 2. The van der Waals surface area contributed by atoms with Gasteiger partial charge in [-0.25, -0.2) is 18.8 Å². The zero-order valence-corrected chi connectivity index (χ0v) is 25.1. The van der Waals surface area contributed by atoms with Crippen molar-refractivity contribution in [3.8, 4) is 23.1 Å². The van der Waals surface area contributed by atoms with E-state index in [9.17, 15) is 13.2 Å². The van der Waals surface area contributed by atoms with Crippen LogP contribution in [0.3, 0.4) is 0 Å². The first-order chi connectivity index (χ1) is 19.5. The summed E-state index contributed by atoms with van der Waals surface area (Å²) in [6.45, 7) is 3.09. The van der Waals surface area contributed by atoms with Crippen LogP contribution in [0, 0.1) is 12.7 Å². The number of pyridine rings is 2. The molecule has 214 valence electrons. The van der Waals surface area contributed by atoms with Gasteiger partial charge in [-0.2, -0.15) is 28.2 Å². The molecule has 1 aromatic carbocycles. The molecule has 2 unspecified atom stereocenters. The number of halogens is 5. The summed E-state index contributed by atoms with van der Waals surface area (Å²) in [7, 11) is 2.56. The number of hydrogen-bond donors (Lipinski definition) is 2. The van der Waals surface area contributed by atoms with Gasteiger partial charge in [-0.05, 0) is 53.6 Å². The van der Waals surface area contributed by atoms with E-state index >= 15 is 4.39 Å². The number of nitrogens with one attached hydrogen (secondary N) is 1. The van der Waals surface area contributed by atoms with Crippen LogP contribution in [0.2, 0.25) is 0 Å². The molecule has 0 radical (unpaired) electrons. The van der Waals surface area contributed by atoms with Crippen LogP contribution >= 0.6 is 28.4 Å². The maximum atomic E-state index is 16.5. The summed E-state index contributed by atoms with van der Waals surface area (Å²) >= 11 is 2.06. The van der Waals surface area contributed by atoms with E-state index in [2.05, 4.69) is 52.4 Å². The van der Waals surface area contributed by atoms with Gasteiger partial charge in [-0.1, -0.05) is 6.07 Å². The fraction of sp³-hybridized carbons (Fsp3) is 0.240. The third kappa shape index (κ3) is 5.05. The topological polar surface area (TPSA) is 126 Å². The van der Waals surface area contributed by atoms with Crippen LogP contribution < -0.4 is 20.5 Å². The maximum Gasteiger partial charge on any atom is 0.417 e. The molecule has 0 fully saturated rings. The highest BCUT2D eigenvalue weighted by molar-refractivity contribution is 14.2. The van der Waals surface area contributed by atoms with Gasteiger partial charge >= 0.3 is 12.2 Å². The van der Waals surface area contributed by atoms with E-state index < -0.39 is 34.9 Å². The van der Waals surface area contributed by atoms with E-state index in [-0.39, 0.29) is 51.8 Å². The van der Waals surface area contributed by atoms with Crippen molar-refractivity contribution in [2.45, 2.75) is 26.1 Å². The number of rotatable bonds is 7. The Morgan fingerprint density at radius 1 is 1.17 bits per heavy atom. The third-order valence-electron chi connectivity index (χ3n) is 6.47. The Morgan fingerprint density at radius 3 is 2.56 bits per heavy atom. The average Bonchev–Trinajstić information content (AvgIpc) is 3.34. The Bertz CT molecular complexity index is 1800. The molecule has 0 spiro atoms. The number of benzene rings is 1. The smallest absolute Gasteiger partial charge is 0.417 e. The van der Waals surface area contributed by atoms with Crippen LogP contribution in [0.1, 0.15) is 29.7 Å². The molecule has 4 aromatic heterocycles. The molecule has 3 N–H and O–H groups in total. The first-order valence-electron chi connectivity index (χ1n) is 11.9. The molecule has 5 aromatic rings. The molecule has 0 amide bonds. The minimum absolute atomic E-state index is 0.00533. The summed E-state index contributed by atoms with van der Waals surface area (Å²) < 4.78 is 72.2. The SMILES string of the molecule is COc1nc(NC(C)c2cccnc2N)c2c(OC)nc(-c3c(C(F)(F)F)c(C)cc4c3cnn4PI)c(F)c2n1. The predicted octanol–water partition coefficient (Wildman–Crippen LogP) is 6.47. The summed E-state index contributed by atoms with van der Waals surface area (Å²) in [5.74, 6) is -0.965. The molecule has 0 bridgehead atoms. The van der Waals surface area contributed by atoms with Crippen LogP contribution in [0.5, 0.6) is 11.9 Å². The Labute approximate surface area is 245 Å². The lowest BCUT2D eigenvalue weighted by molar-refractivity contribution is -0.137. The number of alkyl halides is 3. The van der Waals surface area contributed by atoms with Crippen LogP contribution in [-0.4, -0.2) is 43.7 Å². The van der Waals surface area contributed by atoms with Gasteiger partial charge in [0.15, 0.2) is 5.82 Å². The fourth-order valence-corrected chi connectivity index (χ4v) is 6.22. The highest BCUT2D eigenvalue weighted by Crippen LogP contribution is 2.47. The lowest BCUT2D eigenvalue weighted by Crippen LogP contribution is -2.14. The zero-order chi connectivity index (χ0) is 29.6. The standard InChI is InChI=1S/C25H22F4IN8O2P/c1-10-8-14-13(9-33-38(14)41-30)15(17(10)25(27,28)29)19-18(26)20-16(23(35-19)39-3)22(37-24(36-20)40-4)34-11(2)12-6-5-7-32-21(12)31/h5-9,11,41H,1-4H3,(H2,31,32)(H,34,36,37). The van der Waals surface area contributed by atoms with Crippen molar-refractivity contribution >= 4 is 61.9 Å². The van der Waals surface area contributed by atoms with Gasteiger partial charge in [-0.3, -0.25) is 0 Å². The minimum Gasteiger partial charge on any atom is -0.480 e. The monoisotopic (exact) mass is 700 g/mol. The van der Waals surface area contributed by atoms with Crippen LogP contribution in [-0.2, 0) is 6.18 Å². The van der Waals surface area contributed by atoms with Gasteiger partial charge in [-0.15, -0.1) is 0 Å². The Hall–Kier alpha value is -3.59. The molecule has 10 nitrogen and oxygen atoms in total. The summed E-state index contributed by atoms with van der Waals surface area (Å²) in [4.78, 5) is 16.8. The molecule has 4 heterocycles. The molecule has 5 rings (SSSR count). The number of anilines is 2. The van der Waals surface area contributed by atoms with Crippen molar-refractivity contribution < 1.29 is 27.0 Å². The molecule has 41 heavy (non-hydrogen) atoms. The number of methoxy groups -OCH3 is 2. The van der Waals surface area contributed by atoms with E-state index in [0.717, 1.165) is 0 Å². The van der Waals surface area contributed by atoms with E-state index in [1.165, 1.54) is 33.4 Å². The Kier molecular flexibility index (Phi) is 7.76. The van der Waals surface area contributed by atoms with Crippen molar-refractivity contribution in [2.75, 3.05) is 25.3 Å². The van der Waals surface area contributed by atoms with Crippen molar-refractivity contribution in [1.29, 1.82) is 0 Å². The normalized spacial score (nSPS) is 12.9. The highest BCUT2D eigenvalue weighted by atomic mass is 127. The largest absolute Gasteiger partial charge is 0.480 e. The lowest BCUT2D eigenvalue weighted by Gasteiger charge is -2.21. The molecular weight excluding hydrogens is 678 g/mol. The average molecular weight is 700 g/mol. The van der Waals surface area contributed by atoms with Gasteiger partial charge < -0.3 is 20.5 Å².